The first-order chi connectivity index (χ1) is 9.88. The summed E-state index contributed by atoms with van der Waals surface area (Å²) in [5.41, 5.74) is 2.11. The molecule has 7 heteroatoms. The maximum Gasteiger partial charge on any atom is 0.272 e. The summed E-state index contributed by atoms with van der Waals surface area (Å²) in [6.45, 7) is 2.10. The van der Waals surface area contributed by atoms with Gasteiger partial charge < -0.3 is 5.32 Å². The molecule has 2 rings (SSSR count). The van der Waals surface area contributed by atoms with Gasteiger partial charge in [-0.15, -0.1) is 0 Å². The maximum atomic E-state index is 10.9. The van der Waals surface area contributed by atoms with E-state index < -0.39 is 4.92 Å². The third-order valence-electron chi connectivity index (χ3n) is 2.95. The van der Waals surface area contributed by atoms with Crippen LogP contribution in [0.1, 0.15) is 11.1 Å². The van der Waals surface area contributed by atoms with E-state index in [1.54, 1.807) is 31.2 Å². The summed E-state index contributed by atoms with van der Waals surface area (Å²) in [4.78, 5) is 10.5. The minimum absolute atomic E-state index is 0.0994. The summed E-state index contributed by atoms with van der Waals surface area (Å²) >= 11 is 15.6. The largest absolute Gasteiger partial charge is 0.379 e. The SMILES string of the molecule is Cc1ccc(CNc2c(Cl)cc(Br)cc2Cl)cc1[N+](=O)[O-]. The first-order valence-corrected chi connectivity index (χ1v) is 7.55. The number of rotatable bonds is 4. The molecule has 21 heavy (non-hydrogen) atoms. The summed E-state index contributed by atoms with van der Waals surface area (Å²) < 4.78 is 0.786. The molecule has 0 bridgehead atoms. The van der Waals surface area contributed by atoms with Gasteiger partial charge >= 0.3 is 0 Å². The Kier molecular flexibility index (Phi) is 5.08. The van der Waals surface area contributed by atoms with E-state index in [1.807, 2.05) is 6.07 Å². The van der Waals surface area contributed by atoms with E-state index in [9.17, 15) is 10.1 Å². The fourth-order valence-electron chi connectivity index (χ4n) is 1.86. The Morgan fingerprint density at radius 3 is 2.43 bits per heavy atom. The van der Waals surface area contributed by atoms with Gasteiger partial charge in [0.1, 0.15) is 0 Å². The molecule has 0 aliphatic heterocycles. The number of nitrogens with one attached hydrogen (secondary N) is 1. The molecule has 0 spiro atoms. The van der Waals surface area contributed by atoms with E-state index in [1.165, 1.54) is 0 Å². The average molecular weight is 390 g/mol. The van der Waals surface area contributed by atoms with Gasteiger partial charge in [-0.25, -0.2) is 0 Å². The average Bonchev–Trinajstić information content (AvgIpc) is 2.38. The van der Waals surface area contributed by atoms with Crippen molar-refractivity contribution >= 4 is 50.5 Å². The Morgan fingerprint density at radius 1 is 1.24 bits per heavy atom. The number of halogens is 3. The van der Waals surface area contributed by atoms with Gasteiger partial charge in [0.2, 0.25) is 0 Å². The normalized spacial score (nSPS) is 10.5. The summed E-state index contributed by atoms with van der Waals surface area (Å²) in [6, 6.07) is 8.56. The first kappa shape index (κ1) is 16.1. The number of hydrogen-bond acceptors (Lipinski definition) is 3. The van der Waals surface area contributed by atoms with Crippen LogP contribution in [0.3, 0.4) is 0 Å². The van der Waals surface area contributed by atoms with Crippen molar-refractivity contribution in [2.24, 2.45) is 0 Å². The van der Waals surface area contributed by atoms with Crippen molar-refractivity contribution in [1.29, 1.82) is 0 Å². The van der Waals surface area contributed by atoms with Crippen LogP contribution < -0.4 is 5.32 Å². The fraction of sp³-hybridized carbons (Fsp3) is 0.143. The fourth-order valence-corrected chi connectivity index (χ4v) is 3.21. The molecule has 2 aromatic rings. The van der Waals surface area contributed by atoms with E-state index >= 15 is 0 Å². The molecule has 0 radical (unpaired) electrons. The van der Waals surface area contributed by atoms with Crippen LogP contribution in [-0.4, -0.2) is 4.92 Å². The van der Waals surface area contributed by atoms with Crippen LogP contribution >= 0.6 is 39.1 Å². The Hall–Kier alpha value is -1.30. The van der Waals surface area contributed by atoms with Gasteiger partial charge in [0.15, 0.2) is 0 Å². The van der Waals surface area contributed by atoms with Crippen molar-refractivity contribution in [3.8, 4) is 0 Å². The van der Waals surface area contributed by atoms with E-state index in [-0.39, 0.29) is 5.69 Å². The molecule has 0 saturated carbocycles. The zero-order valence-electron chi connectivity index (χ0n) is 11.0. The number of anilines is 1. The highest BCUT2D eigenvalue weighted by Gasteiger charge is 2.12. The molecule has 2 aromatic carbocycles. The van der Waals surface area contributed by atoms with Crippen LogP contribution in [0, 0.1) is 17.0 Å². The number of hydrogen-bond donors (Lipinski definition) is 1. The lowest BCUT2D eigenvalue weighted by molar-refractivity contribution is -0.385. The molecule has 110 valence electrons. The van der Waals surface area contributed by atoms with Crippen molar-refractivity contribution in [3.63, 3.8) is 0 Å². The number of benzene rings is 2. The van der Waals surface area contributed by atoms with Crippen LogP contribution in [0.25, 0.3) is 0 Å². The Morgan fingerprint density at radius 2 is 1.86 bits per heavy atom. The zero-order valence-corrected chi connectivity index (χ0v) is 14.1. The Labute approximate surface area is 140 Å². The van der Waals surface area contributed by atoms with Gasteiger partial charge in [0.05, 0.1) is 20.7 Å². The molecule has 0 fully saturated rings. The van der Waals surface area contributed by atoms with Gasteiger partial charge in [0, 0.05) is 22.6 Å². The summed E-state index contributed by atoms with van der Waals surface area (Å²) in [5, 5.41) is 15.0. The summed E-state index contributed by atoms with van der Waals surface area (Å²) in [6.07, 6.45) is 0. The molecule has 4 nitrogen and oxygen atoms in total. The lowest BCUT2D eigenvalue weighted by Crippen LogP contribution is -2.02. The summed E-state index contributed by atoms with van der Waals surface area (Å²) in [7, 11) is 0. The third kappa shape index (κ3) is 3.87. The van der Waals surface area contributed by atoms with Crippen LogP contribution in [-0.2, 0) is 6.54 Å². The van der Waals surface area contributed by atoms with Gasteiger partial charge in [0.25, 0.3) is 5.69 Å². The van der Waals surface area contributed by atoms with Crippen LogP contribution in [0.15, 0.2) is 34.8 Å². The lowest BCUT2D eigenvalue weighted by atomic mass is 10.1. The minimum atomic E-state index is -0.390. The molecule has 0 saturated heterocycles. The second-order valence-electron chi connectivity index (χ2n) is 4.48. The maximum absolute atomic E-state index is 10.9. The number of nitro groups is 1. The highest BCUT2D eigenvalue weighted by Crippen LogP contribution is 2.34. The molecule has 0 unspecified atom stereocenters. The van der Waals surface area contributed by atoms with Crippen LogP contribution in [0.2, 0.25) is 10.0 Å². The second-order valence-corrected chi connectivity index (χ2v) is 6.21. The van der Waals surface area contributed by atoms with Gasteiger partial charge in [-0.05, 0) is 24.6 Å². The van der Waals surface area contributed by atoms with E-state index in [0.29, 0.717) is 27.8 Å². The summed E-state index contributed by atoms with van der Waals surface area (Å²) in [5.74, 6) is 0. The van der Waals surface area contributed by atoms with Crippen molar-refractivity contribution in [2.45, 2.75) is 13.5 Å². The van der Waals surface area contributed by atoms with Crippen molar-refractivity contribution < 1.29 is 4.92 Å². The smallest absolute Gasteiger partial charge is 0.272 e. The molecule has 0 amide bonds. The second kappa shape index (κ2) is 6.64. The predicted octanol–water partition coefficient (Wildman–Crippen LogP) is 5.58. The highest BCUT2D eigenvalue weighted by molar-refractivity contribution is 9.10. The van der Waals surface area contributed by atoms with Crippen molar-refractivity contribution in [3.05, 3.63) is 66.1 Å². The molecule has 0 aliphatic rings. The Balaban J connectivity index is 2.21. The quantitative estimate of drug-likeness (QED) is 0.548. The molecule has 1 N–H and O–H groups in total. The number of nitrogens with zero attached hydrogens (tertiary/aromatic N) is 1. The van der Waals surface area contributed by atoms with E-state index in [0.717, 1.165) is 10.0 Å². The van der Waals surface area contributed by atoms with Gasteiger partial charge in [-0.3, -0.25) is 10.1 Å². The first-order valence-electron chi connectivity index (χ1n) is 6.01. The van der Waals surface area contributed by atoms with Crippen molar-refractivity contribution in [1.82, 2.24) is 0 Å². The third-order valence-corrected chi connectivity index (χ3v) is 4.00. The van der Waals surface area contributed by atoms with E-state index in [2.05, 4.69) is 21.2 Å². The van der Waals surface area contributed by atoms with Crippen LogP contribution in [0.5, 0.6) is 0 Å². The van der Waals surface area contributed by atoms with Crippen LogP contribution in [0.4, 0.5) is 11.4 Å². The number of nitro benzene ring substituents is 1. The molecule has 0 aliphatic carbocycles. The molecule has 0 heterocycles. The predicted molar refractivity (Wildman–Crippen MR) is 89.3 cm³/mol. The van der Waals surface area contributed by atoms with Gasteiger partial charge in [-0.2, -0.15) is 0 Å². The molecular weight excluding hydrogens is 379 g/mol. The molecule has 0 atom stereocenters. The zero-order chi connectivity index (χ0) is 15.6. The van der Waals surface area contributed by atoms with Crippen molar-refractivity contribution in [2.75, 3.05) is 5.32 Å². The number of aryl methyl sites for hydroxylation is 1. The lowest BCUT2D eigenvalue weighted by Gasteiger charge is -2.11. The van der Waals surface area contributed by atoms with Gasteiger partial charge in [-0.1, -0.05) is 51.3 Å². The standard InChI is InChI=1S/C14H11BrCl2N2O2/c1-8-2-3-9(4-13(8)19(20)21)7-18-14-11(16)5-10(15)6-12(14)17/h2-6,18H,7H2,1H3. The molecular formula is C14H11BrCl2N2O2. The minimum Gasteiger partial charge on any atom is -0.379 e. The molecule has 0 aromatic heterocycles. The topological polar surface area (TPSA) is 55.2 Å². The Bertz CT molecular complexity index is 684. The monoisotopic (exact) mass is 388 g/mol. The van der Waals surface area contributed by atoms with E-state index in [4.69, 9.17) is 23.2 Å². The highest BCUT2D eigenvalue weighted by atomic mass is 79.9.